The van der Waals surface area contributed by atoms with Gasteiger partial charge >= 0.3 is 0 Å². The van der Waals surface area contributed by atoms with Crippen LogP contribution in [0.25, 0.3) is 0 Å². The molecule has 2 unspecified atom stereocenters. The molecule has 0 aliphatic rings. The van der Waals surface area contributed by atoms with Crippen molar-refractivity contribution < 1.29 is 9.59 Å². The lowest BCUT2D eigenvalue weighted by Crippen LogP contribution is -2.41. The Kier molecular flexibility index (Phi) is 6.13. The van der Waals surface area contributed by atoms with Crippen molar-refractivity contribution in [2.24, 2.45) is 5.92 Å². The number of benzene rings is 2. The molecule has 0 aromatic heterocycles. The molecule has 0 heterocycles. The molecule has 2 amide bonds. The summed E-state index contributed by atoms with van der Waals surface area (Å²) in [5, 5.41) is 5.78. The van der Waals surface area contributed by atoms with Gasteiger partial charge in [0, 0.05) is 0 Å². The molecule has 2 aromatic rings. The van der Waals surface area contributed by atoms with Crippen molar-refractivity contribution in [3.63, 3.8) is 0 Å². The summed E-state index contributed by atoms with van der Waals surface area (Å²) in [6.45, 7) is 5.44. The second-order valence-electron chi connectivity index (χ2n) is 6.00. The van der Waals surface area contributed by atoms with E-state index in [0.717, 1.165) is 11.1 Å². The highest BCUT2D eigenvalue weighted by molar-refractivity contribution is 6.00. The molecule has 126 valence electrons. The third-order valence-corrected chi connectivity index (χ3v) is 4.10. The summed E-state index contributed by atoms with van der Waals surface area (Å²) < 4.78 is 0. The van der Waals surface area contributed by atoms with Crippen LogP contribution in [0.2, 0.25) is 0 Å². The largest absolute Gasteiger partial charge is 0.349 e. The Bertz CT molecular complexity index is 611. The maximum atomic E-state index is 12.3. The van der Waals surface area contributed by atoms with Crippen LogP contribution in [0.15, 0.2) is 60.7 Å². The quantitative estimate of drug-likeness (QED) is 0.800. The molecule has 0 saturated carbocycles. The van der Waals surface area contributed by atoms with Crippen molar-refractivity contribution in [3.8, 4) is 0 Å². The highest BCUT2D eigenvalue weighted by atomic mass is 16.2. The number of amides is 2. The van der Waals surface area contributed by atoms with Gasteiger partial charge < -0.3 is 10.6 Å². The summed E-state index contributed by atoms with van der Waals surface area (Å²) in [6.07, 6.45) is 0. The number of hydrogen-bond donors (Lipinski definition) is 2. The van der Waals surface area contributed by atoms with Crippen molar-refractivity contribution >= 4 is 11.8 Å². The average molecular weight is 324 g/mol. The van der Waals surface area contributed by atoms with Gasteiger partial charge in [-0.15, -0.1) is 0 Å². The number of hydrogen-bond acceptors (Lipinski definition) is 2. The number of carbonyl (C=O) groups excluding carboxylic acids is 2. The zero-order chi connectivity index (χ0) is 17.5. The fourth-order valence-electron chi connectivity index (χ4n) is 2.45. The highest BCUT2D eigenvalue weighted by Crippen LogP contribution is 2.14. The summed E-state index contributed by atoms with van der Waals surface area (Å²) >= 11 is 0. The first-order chi connectivity index (χ1) is 11.5. The molecule has 2 atom stereocenters. The molecule has 24 heavy (non-hydrogen) atoms. The first-order valence-corrected chi connectivity index (χ1v) is 8.19. The number of carbonyl (C=O) groups is 2. The van der Waals surface area contributed by atoms with Gasteiger partial charge in [-0.3, -0.25) is 9.59 Å². The van der Waals surface area contributed by atoms with Crippen LogP contribution in [-0.4, -0.2) is 11.8 Å². The standard InChI is InChI=1S/C20H24N2O2/c1-14(19(23)21-15(2)17-10-6-4-7-11-17)20(24)22-16(3)18-12-8-5-9-13-18/h4-16H,1-3H3,(H,21,23)(H,22,24). The number of nitrogens with one attached hydrogen (secondary N) is 2. The predicted octanol–water partition coefficient (Wildman–Crippen LogP) is 3.38. The second-order valence-corrected chi connectivity index (χ2v) is 6.00. The fraction of sp³-hybridized carbons (Fsp3) is 0.300. The van der Waals surface area contributed by atoms with Crippen molar-refractivity contribution in [3.05, 3.63) is 71.8 Å². The van der Waals surface area contributed by atoms with Crippen LogP contribution in [0.3, 0.4) is 0 Å². The van der Waals surface area contributed by atoms with E-state index in [1.54, 1.807) is 6.92 Å². The van der Waals surface area contributed by atoms with Gasteiger partial charge in [0.1, 0.15) is 5.92 Å². The van der Waals surface area contributed by atoms with E-state index in [9.17, 15) is 9.59 Å². The Balaban J connectivity index is 1.91. The molecule has 0 radical (unpaired) electrons. The van der Waals surface area contributed by atoms with Crippen LogP contribution in [0.1, 0.15) is 44.0 Å². The molecular formula is C20H24N2O2. The Labute approximate surface area is 143 Å². The monoisotopic (exact) mass is 324 g/mol. The minimum atomic E-state index is -0.748. The first kappa shape index (κ1) is 17.7. The molecule has 0 aliphatic carbocycles. The van der Waals surface area contributed by atoms with Crippen LogP contribution < -0.4 is 10.6 Å². The van der Waals surface area contributed by atoms with Gasteiger partial charge in [0.05, 0.1) is 12.1 Å². The molecule has 4 nitrogen and oxygen atoms in total. The average Bonchev–Trinajstić information content (AvgIpc) is 2.62. The Hall–Kier alpha value is -2.62. The van der Waals surface area contributed by atoms with E-state index in [2.05, 4.69) is 10.6 Å². The van der Waals surface area contributed by atoms with Crippen LogP contribution in [0, 0.1) is 5.92 Å². The van der Waals surface area contributed by atoms with E-state index in [1.165, 1.54) is 0 Å². The van der Waals surface area contributed by atoms with E-state index in [0.29, 0.717) is 0 Å². The van der Waals surface area contributed by atoms with Gasteiger partial charge in [-0.1, -0.05) is 60.7 Å². The van der Waals surface area contributed by atoms with E-state index in [4.69, 9.17) is 0 Å². The van der Waals surface area contributed by atoms with Crippen LogP contribution >= 0.6 is 0 Å². The van der Waals surface area contributed by atoms with Gasteiger partial charge in [0.25, 0.3) is 0 Å². The Morgan fingerprint density at radius 2 is 1.00 bits per heavy atom. The summed E-state index contributed by atoms with van der Waals surface area (Å²) in [7, 11) is 0. The molecule has 0 aliphatic heterocycles. The van der Waals surface area contributed by atoms with Crippen LogP contribution in [-0.2, 0) is 9.59 Å². The molecule has 0 fully saturated rings. The zero-order valence-electron chi connectivity index (χ0n) is 14.3. The molecule has 0 spiro atoms. The highest BCUT2D eigenvalue weighted by Gasteiger charge is 2.24. The van der Waals surface area contributed by atoms with Gasteiger partial charge in [0.2, 0.25) is 11.8 Å². The van der Waals surface area contributed by atoms with Crippen molar-refractivity contribution in [1.29, 1.82) is 0 Å². The van der Waals surface area contributed by atoms with Crippen LogP contribution in [0.4, 0.5) is 0 Å². The van der Waals surface area contributed by atoms with E-state index >= 15 is 0 Å². The minimum Gasteiger partial charge on any atom is -0.349 e. The van der Waals surface area contributed by atoms with E-state index in [-0.39, 0.29) is 23.9 Å². The molecule has 0 bridgehead atoms. The SMILES string of the molecule is CC(C(=O)NC(C)c1ccccc1)C(=O)NC(C)c1ccccc1. The van der Waals surface area contributed by atoms with E-state index in [1.807, 2.05) is 74.5 Å². The Morgan fingerprint density at radius 1 is 0.667 bits per heavy atom. The first-order valence-electron chi connectivity index (χ1n) is 8.19. The number of rotatable bonds is 6. The topological polar surface area (TPSA) is 58.2 Å². The minimum absolute atomic E-state index is 0.138. The third-order valence-electron chi connectivity index (χ3n) is 4.10. The normalized spacial score (nSPS) is 14.3. The maximum Gasteiger partial charge on any atom is 0.232 e. The van der Waals surface area contributed by atoms with Gasteiger partial charge in [-0.2, -0.15) is 0 Å². The summed E-state index contributed by atoms with van der Waals surface area (Å²) in [5.74, 6) is -1.30. The fourth-order valence-corrected chi connectivity index (χ4v) is 2.45. The summed E-state index contributed by atoms with van der Waals surface area (Å²) in [4.78, 5) is 24.6. The third kappa shape index (κ3) is 4.69. The lowest BCUT2D eigenvalue weighted by Gasteiger charge is -2.20. The smallest absolute Gasteiger partial charge is 0.232 e. The molecule has 0 saturated heterocycles. The van der Waals surface area contributed by atoms with Crippen molar-refractivity contribution in [2.45, 2.75) is 32.9 Å². The summed E-state index contributed by atoms with van der Waals surface area (Å²) in [6, 6.07) is 19.1. The maximum absolute atomic E-state index is 12.3. The molecule has 2 aromatic carbocycles. The molecular weight excluding hydrogens is 300 g/mol. The lowest BCUT2D eigenvalue weighted by molar-refractivity contribution is -0.135. The van der Waals surface area contributed by atoms with Gasteiger partial charge in [0.15, 0.2) is 0 Å². The van der Waals surface area contributed by atoms with Crippen molar-refractivity contribution in [1.82, 2.24) is 10.6 Å². The van der Waals surface area contributed by atoms with Gasteiger partial charge in [-0.25, -0.2) is 0 Å². The van der Waals surface area contributed by atoms with Gasteiger partial charge in [-0.05, 0) is 31.9 Å². The van der Waals surface area contributed by atoms with Crippen LogP contribution in [0.5, 0.6) is 0 Å². The Morgan fingerprint density at radius 3 is 1.33 bits per heavy atom. The zero-order valence-corrected chi connectivity index (χ0v) is 14.3. The second kappa shape index (κ2) is 8.29. The molecule has 4 heteroatoms. The van der Waals surface area contributed by atoms with E-state index < -0.39 is 5.92 Å². The van der Waals surface area contributed by atoms with Crippen molar-refractivity contribution in [2.75, 3.05) is 0 Å². The molecule has 2 rings (SSSR count). The molecule has 2 N–H and O–H groups in total. The summed E-state index contributed by atoms with van der Waals surface area (Å²) in [5.41, 5.74) is 2.02. The predicted molar refractivity (Wildman–Crippen MR) is 95.2 cm³/mol. The lowest BCUT2D eigenvalue weighted by atomic mass is 10.0.